The van der Waals surface area contributed by atoms with Gasteiger partial charge in [0.05, 0.1) is 0 Å². The van der Waals surface area contributed by atoms with E-state index in [0.717, 1.165) is 23.8 Å². The maximum Gasteiger partial charge on any atom is 0.0249 e. The predicted molar refractivity (Wildman–Crippen MR) is 96.7 cm³/mol. The van der Waals surface area contributed by atoms with Gasteiger partial charge in [-0.25, -0.2) is 0 Å². The highest BCUT2D eigenvalue weighted by Crippen LogP contribution is 2.31. The van der Waals surface area contributed by atoms with Crippen molar-refractivity contribution in [3.8, 4) is 11.8 Å². The molecule has 0 nitrogen and oxygen atoms in total. The Hall–Kier alpha value is -1.74. The van der Waals surface area contributed by atoms with Crippen LogP contribution < -0.4 is 0 Å². The van der Waals surface area contributed by atoms with E-state index in [1.165, 1.54) is 44.1 Å². The van der Waals surface area contributed by atoms with Crippen LogP contribution in [0.2, 0.25) is 0 Å². The lowest BCUT2D eigenvalue weighted by molar-refractivity contribution is 0.313. The fourth-order valence-corrected chi connectivity index (χ4v) is 3.20. The van der Waals surface area contributed by atoms with Crippen molar-refractivity contribution in [3.05, 3.63) is 60.2 Å². The molecule has 1 saturated carbocycles. The zero-order chi connectivity index (χ0) is 15.6. The van der Waals surface area contributed by atoms with Crippen LogP contribution in [0.25, 0.3) is 0 Å². The fourth-order valence-electron chi connectivity index (χ4n) is 3.20. The molecule has 0 spiro atoms. The molecule has 0 atom stereocenters. The quantitative estimate of drug-likeness (QED) is 0.466. The highest BCUT2D eigenvalue weighted by atomic mass is 14.2. The summed E-state index contributed by atoms with van der Waals surface area (Å²) in [5.74, 6) is 8.02. The third kappa shape index (κ3) is 5.57. The molecule has 0 aromatic heterocycles. The maximum atomic E-state index is 3.85. The molecular weight excluding hydrogens is 264 g/mol. The summed E-state index contributed by atoms with van der Waals surface area (Å²) in [6.45, 7) is 6.06. The summed E-state index contributed by atoms with van der Waals surface area (Å²) < 4.78 is 0. The lowest BCUT2D eigenvalue weighted by atomic mass is 9.80. The molecule has 0 heteroatoms. The Balaban J connectivity index is 1.79. The Morgan fingerprint density at radius 2 is 1.86 bits per heavy atom. The Morgan fingerprint density at radius 1 is 1.14 bits per heavy atom. The Bertz CT molecular complexity index is 528. The van der Waals surface area contributed by atoms with E-state index >= 15 is 0 Å². The summed E-state index contributed by atoms with van der Waals surface area (Å²) in [6, 6.07) is 8.65. The first-order valence-corrected chi connectivity index (χ1v) is 8.70. The summed E-state index contributed by atoms with van der Waals surface area (Å²) in [4.78, 5) is 0. The summed E-state index contributed by atoms with van der Waals surface area (Å²) in [6.07, 6.45) is 15.3. The normalized spacial score (nSPS) is 21.3. The third-order valence-corrected chi connectivity index (χ3v) is 4.55. The molecule has 116 valence electrons. The number of hydrogen-bond acceptors (Lipinski definition) is 0. The van der Waals surface area contributed by atoms with Gasteiger partial charge in [0, 0.05) is 5.56 Å². The lowest BCUT2D eigenvalue weighted by Crippen LogP contribution is -2.12. The van der Waals surface area contributed by atoms with E-state index in [1.54, 1.807) is 0 Å². The van der Waals surface area contributed by atoms with Gasteiger partial charge in [0.2, 0.25) is 0 Å². The van der Waals surface area contributed by atoms with Crippen LogP contribution in [0, 0.1) is 23.7 Å². The van der Waals surface area contributed by atoms with Crippen molar-refractivity contribution in [1.29, 1.82) is 0 Å². The monoisotopic (exact) mass is 292 g/mol. The van der Waals surface area contributed by atoms with E-state index in [1.807, 2.05) is 0 Å². The van der Waals surface area contributed by atoms with Crippen LogP contribution in [0.15, 0.2) is 49.1 Å². The van der Waals surface area contributed by atoms with Gasteiger partial charge in [0.25, 0.3) is 0 Å². The van der Waals surface area contributed by atoms with Crippen molar-refractivity contribution in [2.75, 3.05) is 0 Å². The van der Waals surface area contributed by atoms with Gasteiger partial charge in [0.15, 0.2) is 0 Å². The SMILES string of the molecule is C=CCC1CCC(C=CC#Cc2ccc(CCC)cc2)CC1. The second-order valence-electron chi connectivity index (χ2n) is 6.38. The van der Waals surface area contributed by atoms with E-state index in [9.17, 15) is 0 Å². The second kappa shape index (κ2) is 9.31. The molecule has 0 heterocycles. The van der Waals surface area contributed by atoms with Gasteiger partial charge in [-0.15, -0.1) is 6.58 Å². The summed E-state index contributed by atoms with van der Waals surface area (Å²) in [5, 5.41) is 0. The Morgan fingerprint density at radius 3 is 2.50 bits per heavy atom. The van der Waals surface area contributed by atoms with Crippen LogP contribution in [-0.2, 0) is 6.42 Å². The van der Waals surface area contributed by atoms with Crippen LogP contribution >= 0.6 is 0 Å². The van der Waals surface area contributed by atoms with E-state index in [-0.39, 0.29) is 0 Å². The molecule has 0 unspecified atom stereocenters. The molecular formula is C22H28. The Kier molecular flexibility index (Phi) is 7.04. The smallest absolute Gasteiger partial charge is 0.0249 e. The van der Waals surface area contributed by atoms with Gasteiger partial charge in [0.1, 0.15) is 0 Å². The van der Waals surface area contributed by atoms with Crippen molar-refractivity contribution < 1.29 is 0 Å². The molecule has 1 aliphatic carbocycles. The number of benzene rings is 1. The molecule has 0 saturated heterocycles. The average Bonchev–Trinajstić information content (AvgIpc) is 2.55. The van der Waals surface area contributed by atoms with Crippen LogP contribution in [-0.4, -0.2) is 0 Å². The van der Waals surface area contributed by atoms with Crippen LogP contribution in [0.3, 0.4) is 0 Å². The molecule has 22 heavy (non-hydrogen) atoms. The maximum absolute atomic E-state index is 3.85. The van der Waals surface area contributed by atoms with Crippen molar-refractivity contribution in [2.24, 2.45) is 11.8 Å². The molecule has 2 rings (SSSR count). The van der Waals surface area contributed by atoms with Crippen molar-refractivity contribution in [2.45, 2.75) is 51.9 Å². The first kappa shape index (κ1) is 16.6. The van der Waals surface area contributed by atoms with Crippen molar-refractivity contribution in [3.63, 3.8) is 0 Å². The van der Waals surface area contributed by atoms with Gasteiger partial charge in [-0.2, -0.15) is 0 Å². The topological polar surface area (TPSA) is 0 Å². The van der Waals surface area contributed by atoms with Crippen molar-refractivity contribution >= 4 is 0 Å². The lowest BCUT2D eigenvalue weighted by Gasteiger charge is -2.25. The molecule has 1 aromatic rings. The number of allylic oxidation sites excluding steroid dienone is 3. The van der Waals surface area contributed by atoms with E-state index < -0.39 is 0 Å². The van der Waals surface area contributed by atoms with Gasteiger partial charge in [-0.1, -0.05) is 49.5 Å². The zero-order valence-corrected chi connectivity index (χ0v) is 13.9. The van der Waals surface area contributed by atoms with Gasteiger partial charge in [-0.05, 0) is 74.1 Å². The molecule has 0 radical (unpaired) electrons. The molecule has 0 amide bonds. The summed E-state index contributed by atoms with van der Waals surface area (Å²) >= 11 is 0. The second-order valence-corrected chi connectivity index (χ2v) is 6.38. The summed E-state index contributed by atoms with van der Waals surface area (Å²) in [5.41, 5.74) is 2.51. The number of rotatable bonds is 5. The van der Waals surface area contributed by atoms with Crippen LogP contribution in [0.4, 0.5) is 0 Å². The minimum Gasteiger partial charge on any atom is -0.103 e. The third-order valence-electron chi connectivity index (χ3n) is 4.55. The fraction of sp³-hybridized carbons (Fsp3) is 0.455. The molecule has 1 fully saturated rings. The predicted octanol–water partition coefficient (Wildman–Crippen LogP) is 5.93. The van der Waals surface area contributed by atoms with Crippen molar-refractivity contribution in [1.82, 2.24) is 0 Å². The van der Waals surface area contributed by atoms with E-state index in [0.29, 0.717) is 0 Å². The Labute approximate surface area is 136 Å². The standard InChI is InChI=1S/C22H28/c1-3-7-19-11-15-21(16-12-19)9-5-6-10-22-17-13-20(8-4-2)14-18-22/h3,5,9,13-14,17-19,21H,1,4,7-8,11-12,15-16H2,2H3. The van der Waals surface area contributed by atoms with Crippen LogP contribution in [0.1, 0.15) is 56.6 Å². The number of aryl methyl sites for hydroxylation is 1. The van der Waals surface area contributed by atoms with Gasteiger partial charge >= 0.3 is 0 Å². The molecule has 0 N–H and O–H groups in total. The van der Waals surface area contributed by atoms with Gasteiger partial charge in [-0.3, -0.25) is 0 Å². The van der Waals surface area contributed by atoms with Crippen LogP contribution in [0.5, 0.6) is 0 Å². The largest absolute Gasteiger partial charge is 0.103 e. The minimum atomic E-state index is 0.724. The van der Waals surface area contributed by atoms with E-state index in [2.05, 4.69) is 67.8 Å². The van der Waals surface area contributed by atoms with Gasteiger partial charge < -0.3 is 0 Å². The molecule has 1 aliphatic rings. The zero-order valence-electron chi connectivity index (χ0n) is 13.9. The molecule has 0 bridgehead atoms. The highest BCUT2D eigenvalue weighted by molar-refractivity contribution is 5.38. The number of hydrogen-bond donors (Lipinski definition) is 0. The summed E-state index contributed by atoms with van der Waals surface area (Å²) in [7, 11) is 0. The molecule has 0 aliphatic heterocycles. The van der Waals surface area contributed by atoms with E-state index in [4.69, 9.17) is 0 Å². The first-order valence-electron chi connectivity index (χ1n) is 8.70. The minimum absolute atomic E-state index is 0.724. The first-order chi connectivity index (χ1) is 10.8. The highest BCUT2D eigenvalue weighted by Gasteiger charge is 2.17. The molecule has 1 aromatic carbocycles. The average molecular weight is 292 g/mol.